The summed E-state index contributed by atoms with van der Waals surface area (Å²) in [5, 5.41) is 0. The average Bonchev–Trinajstić information content (AvgIpc) is 2.09. The Morgan fingerprint density at radius 2 is 1.81 bits per heavy atom. The Morgan fingerprint density at radius 1 is 1.19 bits per heavy atom. The minimum absolute atomic E-state index is 0.222. The van der Waals surface area contributed by atoms with Crippen molar-refractivity contribution in [1.29, 1.82) is 0 Å². The first kappa shape index (κ1) is 15.2. The number of allylic oxidation sites excluding steroid dienone is 1. The van der Waals surface area contributed by atoms with Gasteiger partial charge in [0.2, 0.25) is 0 Å². The molecule has 94 valence electrons. The summed E-state index contributed by atoms with van der Waals surface area (Å²) in [4.78, 5) is 11.5. The molecule has 0 amide bonds. The number of ether oxygens (including phenoxy) is 1. The number of unbranched alkanes of at least 4 members (excludes halogenated alkanes) is 3. The second-order valence-electron chi connectivity index (χ2n) is 5.33. The van der Waals surface area contributed by atoms with Gasteiger partial charge in [-0.2, -0.15) is 0 Å². The number of carbonyl (C=O) groups excluding carboxylic acids is 1. The van der Waals surface area contributed by atoms with E-state index in [0.717, 1.165) is 12.0 Å². The molecule has 0 aliphatic rings. The summed E-state index contributed by atoms with van der Waals surface area (Å²) >= 11 is 0. The van der Waals surface area contributed by atoms with Gasteiger partial charge in [-0.3, -0.25) is 0 Å². The molecule has 16 heavy (non-hydrogen) atoms. The van der Waals surface area contributed by atoms with Crippen molar-refractivity contribution in [1.82, 2.24) is 0 Å². The smallest absolute Gasteiger partial charge is 0.331 e. The minimum Gasteiger partial charge on any atom is -0.457 e. The summed E-state index contributed by atoms with van der Waals surface area (Å²) in [6.45, 7) is 9.85. The van der Waals surface area contributed by atoms with Crippen molar-refractivity contribution in [3.8, 4) is 0 Å². The van der Waals surface area contributed by atoms with Crippen molar-refractivity contribution in [3.05, 3.63) is 11.6 Å². The molecule has 0 saturated heterocycles. The minimum atomic E-state index is -0.393. The standard InChI is InChI=1S/C14H26O2/c1-6-7-8-9-10-12(2)11-13(15)16-14(3,4)5/h11H,6-10H2,1-5H3/b12-11-. The summed E-state index contributed by atoms with van der Waals surface area (Å²) in [5.74, 6) is -0.222. The van der Waals surface area contributed by atoms with Crippen LogP contribution in [0.4, 0.5) is 0 Å². The van der Waals surface area contributed by atoms with Gasteiger partial charge in [-0.05, 0) is 40.5 Å². The number of hydrogen-bond donors (Lipinski definition) is 0. The third kappa shape index (κ3) is 9.75. The van der Waals surface area contributed by atoms with Crippen LogP contribution in [-0.2, 0) is 9.53 Å². The topological polar surface area (TPSA) is 26.3 Å². The first-order valence-corrected chi connectivity index (χ1v) is 6.25. The lowest BCUT2D eigenvalue weighted by Gasteiger charge is -2.18. The van der Waals surface area contributed by atoms with Crippen molar-refractivity contribution >= 4 is 5.97 Å². The van der Waals surface area contributed by atoms with Crippen LogP contribution < -0.4 is 0 Å². The van der Waals surface area contributed by atoms with Crippen LogP contribution in [0.25, 0.3) is 0 Å². The van der Waals surface area contributed by atoms with E-state index in [1.165, 1.54) is 25.7 Å². The predicted molar refractivity (Wildman–Crippen MR) is 68.4 cm³/mol. The molecular weight excluding hydrogens is 200 g/mol. The molecule has 0 aromatic rings. The van der Waals surface area contributed by atoms with Crippen molar-refractivity contribution in [2.24, 2.45) is 0 Å². The first-order chi connectivity index (χ1) is 7.35. The fourth-order valence-corrected chi connectivity index (χ4v) is 1.44. The van der Waals surface area contributed by atoms with E-state index in [9.17, 15) is 4.79 Å². The number of hydrogen-bond acceptors (Lipinski definition) is 2. The summed E-state index contributed by atoms with van der Waals surface area (Å²) in [6, 6.07) is 0. The van der Waals surface area contributed by atoms with E-state index in [-0.39, 0.29) is 5.97 Å². The van der Waals surface area contributed by atoms with Crippen LogP contribution in [0.15, 0.2) is 11.6 Å². The highest BCUT2D eigenvalue weighted by Crippen LogP contribution is 2.12. The molecule has 0 bridgehead atoms. The van der Waals surface area contributed by atoms with Crippen LogP contribution in [0.5, 0.6) is 0 Å². The third-order valence-electron chi connectivity index (χ3n) is 2.20. The van der Waals surface area contributed by atoms with Crippen molar-refractivity contribution in [3.63, 3.8) is 0 Å². The first-order valence-electron chi connectivity index (χ1n) is 6.25. The molecule has 0 N–H and O–H groups in total. The van der Waals surface area contributed by atoms with Crippen LogP contribution in [-0.4, -0.2) is 11.6 Å². The monoisotopic (exact) mass is 226 g/mol. The summed E-state index contributed by atoms with van der Waals surface area (Å²) in [5.41, 5.74) is 0.723. The van der Waals surface area contributed by atoms with Gasteiger partial charge in [-0.15, -0.1) is 0 Å². The Labute approximate surface area is 100 Å². The molecule has 0 fully saturated rings. The largest absolute Gasteiger partial charge is 0.457 e. The van der Waals surface area contributed by atoms with Crippen molar-refractivity contribution < 1.29 is 9.53 Å². The number of rotatable bonds is 6. The van der Waals surface area contributed by atoms with Crippen LogP contribution in [0, 0.1) is 0 Å². The van der Waals surface area contributed by atoms with Gasteiger partial charge >= 0.3 is 5.97 Å². The zero-order valence-corrected chi connectivity index (χ0v) is 11.4. The van der Waals surface area contributed by atoms with Gasteiger partial charge in [0.15, 0.2) is 0 Å². The average molecular weight is 226 g/mol. The Balaban J connectivity index is 3.88. The van der Waals surface area contributed by atoms with E-state index in [4.69, 9.17) is 4.74 Å². The molecule has 2 nitrogen and oxygen atoms in total. The van der Waals surface area contributed by atoms with Gasteiger partial charge in [0.05, 0.1) is 0 Å². The van der Waals surface area contributed by atoms with Gasteiger partial charge < -0.3 is 4.74 Å². The molecule has 0 saturated carbocycles. The number of esters is 1. The van der Waals surface area contributed by atoms with Crippen LogP contribution in [0.1, 0.15) is 66.7 Å². The van der Waals surface area contributed by atoms with Crippen LogP contribution in [0.2, 0.25) is 0 Å². The SMILES string of the molecule is CCCCCC/C(C)=C\C(=O)OC(C)(C)C. The zero-order valence-electron chi connectivity index (χ0n) is 11.4. The van der Waals surface area contributed by atoms with E-state index in [2.05, 4.69) is 6.92 Å². The summed E-state index contributed by atoms with van der Waals surface area (Å²) in [7, 11) is 0. The van der Waals surface area contributed by atoms with E-state index in [0.29, 0.717) is 0 Å². The molecule has 0 rings (SSSR count). The van der Waals surface area contributed by atoms with Crippen LogP contribution >= 0.6 is 0 Å². The maximum atomic E-state index is 11.5. The highest BCUT2D eigenvalue weighted by atomic mass is 16.6. The lowest BCUT2D eigenvalue weighted by atomic mass is 10.1. The third-order valence-corrected chi connectivity index (χ3v) is 2.20. The number of carbonyl (C=O) groups is 1. The molecule has 0 heterocycles. The van der Waals surface area contributed by atoms with E-state index in [1.54, 1.807) is 6.08 Å². The van der Waals surface area contributed by atoms with Gasteiger partial charge in [-0.1, -0.05) is 31.8 Å². The lowest BCUT2D eigenvalue weighted by molar-refractivity contribution is -0.148. The Morgan fingerprint density at radius 3 is 2.31 bits per heavy atom. The molecular formula is C14H26O2. The summed E-state index contributed by atoms with van der Waals surface area (Å²) < 4.78 is 5.22. The molecule has 2 heteroatoms. The fraction of sp³-hybridized carbons (Fsp3) is 0.786. The molecule has 0 unspecified atom stereocenters. The quantitative estimate of drug-likeness (QED) is 0.384. The summed E-state index contributed by atoms with van der Waals surface area (Å²) in [6.07, 6.45) is 7.56. The van der Waals surface area contributed by atoms with E-state index in [1.807, 2.05) is 27.7 Å². The molecule has 0 spiro atoms. The fourth-order valence-electron chi connectivity index (χ4n) is 1.44. The molecule has 0 aromatic heterocycles. The molecule has 0 aliphatic heterocycles. The van der Waals surface area contributed by atoms with Gasteiger partial charge in [-0.25, -0.2) is 4.79 Å². The van der Waals surface area contributed by atoms with Crippen LogP contribution in [0.3, 0.4) is 0 Å². The molecule has 0 radical (unpaired) electrons. The van der Waals surface area contributed by atoms with Gasteiger partial charge in [0.1, 0.15) is 5.60 Å². The molecule has 0 aromatic carbocycles. The second kappa shape index (κ2) is 7.48. The highest BCUT2D eigenvalue weighted by molar-refractivity contribution is 5.83. The Hall–Kier alpha value is -0.790. The second-order valence-corrected chi connectivity index (χ2v) is 5.33. The zero-order chi connectivity index (χ0) is 12.6. The lowest BCUT2D eigenvalue weighted by Crippen LogP contribution is -2.22. The maximum absolute atomic E-state index is 11.5. The molecule has 0 aliphatic carbocycles. The maximum Gasteiger partial charge on any atom is 0.331 e. The van der Waals surface area contributed by atoms with E-state index < -0.39 is 5.60 Å². The Bertz CT molecular complexity index is 234. The van der Waals surface area contributed by atoms with Gasteiger partial charge in [0.25, 0.3) is 0 Å². The van der Waals surface area contributed by atoms with Crippen molar-refractivity contribution in [2.75, 3.05) is 0 Å². The molecule has 0 atom stereocenters. The predicted octanol–water partition coefficient (Wildman–Crippen LogP) is 4.24. The van der Waals surface area contributed by atoms with Crippen molar-refractivity contribution in [2.45, 2.75) is 72.3 Å². The Kier molecular flexibility index (Phi) is 7.11. The van der Waals surface area contributed by atoms with Gasteiger partial charge in [0, 0.05) is 6.08 Å². The van der Waals surface area contributed by atoms with E-state index >= 15 is 0 Å². The normalized spacial score (nSPS) is 12.7. The highest BCUT2D eigenvalue weighted by Gasteiger charge is 2.14.